The lowest BCUT2D eigenvalue weighted by Crippen LogP contribution is -2.17. The van der Waals surface area contributed by atoms with Crippen LogP contribution in [0.5, 0.6) is 5.75 Å². The lowest BCUT2D eigenvalue weighted by Gasteiger charge is -2.03. The molecule has 0 aliphatic rings. The number of methoxy groups -OCH3 is 1. The standard InChI is InChI=1S/C24H19FN4O2/c1-31-22-13-9-17(10-14-22)23-19(16-29(28-23)21-5-3-2-4-6-21)15-26-27-24(30)18-7-11-20(25)12-8-18/h2-16H,1H3,(H,27,30)/b26-15-. The van der Waals surface area contributed by atoms with E-state index in [1.165, 1.54) is 30.5 Å². The van der Waals surface area contributed by atoms with Crippen molar-refractivity contribution in [2.24, 2.45) is 5.10 Å². The molecule has 0 fully saturated rings. The second-order valence-electron chi connectivity index (χ2n) is 6.65. The lowest BCUT2D eigenvalue weighted by atomic mass is 10.1. The predicted molar refractivity (Wildman–Crippen MR) is 117 cm³/mol. The molecule has 0 bridgehead atoms. The number of aromatic nitrogens is 2. The number of carbonyl (C=O) groups is 1. The monoisotopic (exact) mass is 414 g/mol. The fourth-order valence-electron chi connectivity index (χ4n) is 2.99. The predicted octanol–water partition coefficient (Wildman–Crippen LogP) is 4.45. The van der Waals surface area contributed by atoms with Crippen molar-refractivity contribution in [2.45, 2.75) is 0 Å². The van der Waals surface area contributed by atoms with E-state index in [0.29, 0.717) is 16.8 Å². The van der Waals surface area contributed by atoms with Crippen LogP contribution in [0.4, 0.5) is 4.39 Å². The van der Waals surface area contributed by atoms with Gasteiger partial charge < -0.3 is 4.74 Å². The molecule has 0 aliphatic carbocycles. The molecular formula is C24H19FN4O2. The minimum Gasteiger partial charge on any atom is -0.497 e. The van der Waals surface area contributed by atoms with Gasteiger partial charge in [-0.25, -0.2) is 14.5 Å². The highest BCUT2D eigenvalue weighted by molar-refractivity contribution is 5.95. The Labute approximate surface area is 178 Å². The Balaban J connectivity index is 1.63. The largest absolute Gasteiger partial charge is 0.497 e. The highest BCUT2D eigenvalue weighted by atomic mass is 19.1. The molecule has 4 aromatic rings. The molecule has 0 saturated heterocycles. The molecule has 31 heavy (non-hydrogen) atoms. The molecule has 0 radical (unpaired) electrons. The van der Waals surface area contributed by atoms with Crippen LogP contribution in [-0.2, 0) is 0 Å². The molecule has 0 spiro atoms. The molecule has 0 aliphatic heterocycles. The van der Waals surface area contributed by atoms with E-state index in [1.54, 1.807) is 11.8 Å². The first kappa shape index (κ1) is 20.0. The van der Waals surface area contributed by atoms with E-state index in [9.17, 15) is 9.18 Å². The lowest BCUT2D eigenvalue weighted by molar-refractivity contribution is 0.0955. The summed E-state index contributed by atoms with van der Waals surface area (Å²) in [6.45, 7) is 0. The molecule has 7 heteroatoms. The fraction of sp³-hybridized carbons (Fsp3) is 0.0417. The third-order valence-electron chi connectivity index (χ3n) is 4.60. The summed E-state index contributed by atoms with van der Waals surface area (Å²) < 4.78 is 20.0. The fourth-order valence-corrected chi connectivity index (χ4v) is 2.99. The third kappa shape index (κ3) is 4.67. The van der Waals surface area contributed by atoms with Gasteiger partial charge in [-0.3, -0.25) is 4.79 Å². The first-order chi connectivity index (χ1) is 15.1. The number of benzene rings is 3. The zero-order valence-electron chi connectivity index (χ0n) is 16.7. The number of nitrogens with one attached hydrogen (secondary N) is 1. The molecule has 0 unspecified atom stereocenters. The second kappa shape index (κ2) is 9.04. The summed E-state index contributed by atoms with van der Waals surface area (Å²) in [4.78, 5) is 12.2. The van der Waals surface area contributed by atoms with Gasteiger partial charge in [0.1, 0.15) is 17.3 Å². The molecule has 4 rings (SSSR count). The van der Waals surface area contributed by atoms with Gasteiger partial charge in [0.15, 0.2) is 0 Å². The Morgan fingerprint density at radius 3 is 2.42 bits per heavy atom. The number of hydrogen-bond acceptors (Lipinski definition) is 4. The van der Waals surface area contributed by atoms with Crippen LogP contribution in [0.2, 0.25) is 0 Å². The third-order valence-corrected chi connectivity index (χ3v) is 4.60. The van der Waals surface area contributed by atoms with Crippen molar-refractivity contribution in [3.8, 4) is 22.7 Å². The first-order valence-corrected chi connectivity index (χ1v) is 9.52. The van der Waals surface area contributed by atoms with Crippen molar-refractivity contribution in [3.63, 3.8) is 0 Å². The molecule has 3 aromatic carbocycles. The van der Waals surface area contributed by atoms with E-state index in [4.69, 9.17) is 9.84 Å². The van der Waals surface area contributed by atoms with E-state index in [-0.39, 0.29) is 0 Å². The molecule has 1 N–H and O–H groups in total. The zero-order chi connectivity index (χ0) is 21.6. The molecule has 154 valence electrons. The maximum absolute atomic E-state index is 13.0. The number of halogens is 1. The topological polar surface area (TPSA) is 68.5 Å². The van der Waals surface area contributed by atoms with E-state index in [2.05, 4.69) is 10.5 Å². The Morgan fingerprint density at radius 1 is 1.03 bits per heavy atom. The molecule has 0 atom stereocenters. The number of rotatable bonds is 6. The van der Waals surface area contributed by atoms with Crippen molar-refractivity contribution >= 4 is 12.1 Å². The number of ether oxygens (including phenoxy) is 1. The van der Waals surface area contributed by atoms with E-state index in [0.717, 1.165) is 17.0 Å². The molecule has 1 heterocycles. The number of hydrogen-bond donors (Lipinski definition) is 1. The molecular weight excluding hydrogens is 395 g/mol. The first-order valence-electron chi connectivity index (χ1n) is 9.52. The van der Waals surface area contributed by atoms with Crippen LogP contribution in [0, 0.1) is 5.82 Å². The Bertz CT molecular complexity index is 1200. The van der Waals surface area contributed by atoms with Crippen LogP contribution in [0.1, 0.15) is 15.9 Å². The molecule has 1 amide bonds. The number of carbonyl (C=O) groups excluding carboxylic acids is 1. The van der Waals surface area contributed by atoms with Crippen LogP contribution in [0.25, 0.3) is 16.9 Å². The summed E-state index contributed by atoms with van der Waals surface area (Å²) in [6, 6.07) is 22.5. The van der Waals surface area contributed by atoms with Gasteiger partial charge in [0.05, 0.1) is 19.0 Å². The van der Waals surface area contributed by atoms with Gasteiger partial charge in [-0.05, 0) is 60.7 Å². The number of para-hydroxylation sites is 1. The summed E-state index contributed by atoms with van der Waals surface area (Å²) in [5.41, 5.74) is 5.97. The summed E-state index contributed by atoms with van der Waals surface area (Å²) >= 11 is 0. The van der Waals surface area contributed by atoms with Gasteiger partial charge in [0.2, 0.25) is 0 Å². The van der Waals surface area contributed by atoms with Gasteiger partial charge in [-0.15, -0.1) is 0 Å². The van der Waals surface area contributed by atoms with Gasteiger partial charge in [-0.1, -0.05) is 18.2 Å². The number of amides is 1. The Kier molecular flexibility index (Phi) is 5.84. The quantitative estimate of drug-likeness (QED) is 0.374. The SMILES string of the molecule is COc1ccc(-c2nn(-c3ccccc3)cc2/C=N\NC(=O)c2ccc(F)cc2)cc1. The average molecular weight is 414 g/mol. The summed E-state index contributed by atoms with van der Waals surface area (Å²) in [5, 5.41) is 8.77. The summed E-state index contributed by atoms with van der Waals surface area (Å²) in [7, 11) is 1.61. The molecule has 6 nitrogen and oxygen atoms in total. The maximum Gasteiger partial charge on any atom is 0.271 e. The Morgan fingerprint density at radius 2 is 1.74 bits per heavy atom. The average Bonchev–Trinajstić information content (AvgIpc) is 3.24. The minimum absolute atomic E-state index is 0.314. The van der Waals surface area contributed by atoms with E-state index in [1.807, 2.05) is 60.8 Å². The van der Waals surface area contributed by atoms with Crippen LogP contribution in [0.3, 0.4) is 0 Å². The van der Waals surface area contributed by atoms with Crippen molar-refractivity contribution in [1.29, 1.82) is 0 Å². The van der Waals surface area contributed by atoms with Crippen LogP contribution in [0.15, 0.2) is 90.2 Å². The highest BCUT2D eigenvalue weighted by Gasteiger charge is 2.12. The number of hydrazone groups is 1. The van der Waals surface area contributed by atoms with Crippen molar-refractivity contribution in [1.82, 2.24) is 15.2 Å². The van der Waals surface area contributed by atoms with Gasteiger partial charge in [-0.2, -0.15) is 10.2 Å². The van der Waals surface area contributed by atoms with Gasteiger partial charge in [0.25, 0.3) is 5.91 Å². The molecule has 1 aromatic heterocycles. The van der Waals surface area contributed by atoms with Crippen LogP contribution in [-0.4, -0.2) is 29.0 Å². The van der Waals surface area contributed by atoms with Crippen molar-refractivity contribution in [2.75, 3.05) is 7.11 Å². The Hall–Kier alpha value is -4.26. The van der Waals surface area contributed by atoms with Crippen LogP contribution < -0.4 is 10.2 Å². The zero-order valence-corrected chi connectivity index (χ0v) is 16.7. The number of nitrogens with zero attached hydrogens (tertiary/aromatic N) is 3. The minimum atomic E-state index is -0.433. The van der Waals surface area contributed by atoms with E-state index >= 15 is 0 Å². The van der Waals surface area contributed by atoms with Gasteiger partial charge >= 0.3 is 0 Å². The van der Waals surface area contributed by atoms with Gasteiger partial charge in [0, 0.05) is 22.9 Å². The summed E-state index contributed by atoms with van der Waals surface area (Å²) in [5.74, 6) is -0.0942. The summed E-state index contributed by atoms with van der Waals surface area (Å²) in [6.07, 6.45) is 3.37. The highest BCUT2D eigenvalue weighted by Crippen LogP contribution is 2.25. The van der Waals surface area contributed by atoms with Crippen molar-refractivity contribution in [3.05, 3.63) is 102 Å². The van der Waals surface area contributed by atoms with E-state index < -0.39 is 11.7 Å². The van der Waals surface area contributed by atoms with Crippen molar-refractivity contribution < 1.29 is 13.9 Å². The smallest absolute Gasteiger partial charge is 0.271 e. The maximum atomic E-state index is 13.0. The molecule has 0 saturated carbocycles. The normalized spacial score (nSPS) is 10.9. The van der Waals surface area contributed by atoms with Crippen LogP contribution >= 0.6 is 0 Å². The second-order valence-corrected chi connectivity index (χ2v) is 6.65.